The molecule has 0 fully saturated rings. The van der Waals surface area contributed by atoms with Crippen molar-refractivity contribution in [1.29, 1.82) is 5.26 Å². The number of hydrogen-bond donors (Lipinski definition) is 1. The molecule has 0 saturated carbocycles. The van der Waals surface area contributed by atoms with Crippen molar-refractivity contribution in [3.05, 3.63) is 42.0 Å². The molecule has 1 N–H and O–H groups in total. The summed E-state index contributed by atoms with van der Waals surface area (Å²) in [5.74, 6) is 0.0314. The number of hydrogen-bond acceptors (Lipinski definition) is 8. The van der Waals surface area contributed by atoms with Crippen molar-refractivity contribution in [3.8, 4) is 17.6 Å². The first-order valence-electron chi connectivity index (χ1n) is 6.14. The Balaban J connectivity index is 0.00000288. The molecular weight excluding hydrogens is 345 g/mol. The Morgan fingerprint density at radius 2 is 1.92 bits per heavy atom. The van der Waals surface area contributed by atoms with E-state index in [-0.39, 0.29) is 58.0 Å². The van der Waals surface area contributed by atoms with Gasteiger partial charge in [0, 0.05) is 0 Å². The van der Waals surface area contributed by atoms with Gasteiger partial charge in [0.2, 0.25) is 0 Å². The van der Waals surface area contributed by atoms with Crippen LogP contribution in [0.2, 0.25) is 0 Å². The Bertz CT molecular complexity index is 922. The molecule has 2 aromatic rings. The Kier molecular flexibility index (Phi) is 6.89. The van der Waals surface area contributed by atoms with Crippen LogP contribution in [-0.2, 0) is 10.1 Å². The molecule has 8 nitrogen and oxygen atoms in total. The molecule has 2 aromatic carbocycles. The SMILES string of the molecule is COc1ccc(S(=O)(=O)[O-])cc1N=Nc1ccc(O)c(C#N)c1.[Na+]. The first-order valence-corrected chi connectivity index (χ1v) is 7.55. The maximum absolute atomic E-state index is 11.0. The number of phenols is 1. The minimum atomic E-state index is -4.63. The second-order valence-corrected chi connectivity index (χ2v) is 5.68. The van der Waals surface area contributed by atoms with Crippen molar-refractivity contribution in [3.63, 3.8) is 0 Å². The van der Waals surface area contributed by atoms with Crippen LogP contribution in [0.4, 0.5) is 11.4 Å². The van der Waals surface area contributed by atoms with Crippen molar-refractivity contribution in [2.24, 2.45) is 10.2 Å². The Hall–Kier alpha value is -1.96. The van der Waals surface area contributed by atoms with Gasteiger partial charge in [0.15, 0.2) is 0 Å². The largest absolute Gasteiger partial charge is 1.00 e. The fourth-order valence-corrected chi connectivity index (χ4v) is 2.18. The van der Waals surface area contributed by atoms with Gasteiger partial charge in [-0.3, -0.25) is 0 Å². The Morgan fingerprint density at radius 1 is 1.21 bits per heavy atom. The average molecular weight is 355 g/mol. The van der Waals surface area contributed by atoms with Gasteiger partial charge in [0.05, 0.1) is 23.3 Å². The summed E-state index contributed by atoms with van der Waals surface area (Å²) in [6.45, 7) is 0. The van der Waals surface area contributed by atoms with Gasteiger partial charge in [-0.25, -0.2) is 8.42 Å². The van der Waals surface area contributed by atoms with E-state index in [4.69, 9.17) is 10.00 Å². The number of ether oxygens (including phenoxy) is 1. The van der Waals surface area contributed by atoms with Gasteiger partial charge in [0.25, 0.3) is 0 Å². The van der Waals surface area contributed by atoms with Crippen molar-refractivity contribution >= 4 is 21.5 Å². The first-order chi connectivity index (χ1) is 10.8. The second kappa shape index (κ2) is 8.23. The number of phenolic OH excluding ortho intramolecular Hbond substituents is 1. The van der Waals surface area contributed by atoms with Gasteiger partial charge >= 0.3 is 29.6 Å². The summed E-state index contributed by atoms with van der Waals surface area (Å²) in [6.07, 6.45) is 0. The van der Waals surface area contributed by atoms with E-state index in [0.29, 0.717) is 0 Å². The monoisotopic (exact) mass is 355 g/mol. The number of rotatable bonds is 4. The molecule has 24 heavy (non-hydrogen) atoms. The normalized spacial score (nSPS) is 10.9. The summed E-state index contributed by atoms with van der Waals surface area (Å²) in [7, 11) is -3.28. The summed E-state index contributed by atoms with van der Waals surface area (Å²) in [5.41, 5.74) is 0.317. The molecule has 2 rings (SSSR count). The average Bonchev–Trinajstić information content (AvgIpc) is 2.52. The molecule has 0 amide bonds. The van der Waals surface area contributed by atoms with Gasteiger partial charge in [-0.2, -0.15) is 10.4 Å². The third kappa shape index (κ3) is 4.77. The van der Waals surface area contributed by atoms with Crippen LogP contribution in [0.5, 0.6) is 11.5 Å². The molecule has 118 valence electrons. The summed E-state index contributed by atoms with van der Waals surface area (Å²) in [4.78, 5) is -0.462. The van der Waals surface area contributed by atoms with Crippen molar-refractivity contribution in [2.75, 3.05) is 7.11 Å². The summed E-state index contributed by atoms with van der Waals surface area (Å²) in [5, 5.41) is 25.9. The van der Waals surface area contributed by atoms with Crippen LogP contribution in [0, 0.1) is 11.3 Å². The Morgan fingerprint density at radius 3 is 2.50 bits per heavy atom. The molecule has 0 aliphatic heterocycles. The van der Waals surface area contributed by atoms with Crippen LogP contribution in [0.1, 0.15) is 5.56 Å². The van der Waals surface area contributed by atoms with E-state index in [1.54, 1.807) is 6.07 Å². The number of benzene rings is 2. The Labute approximate surface area is 160 Å². The van der Waals surface area contributed by atoms with E-state index in [2.05, 4.69) is 10.2 Å². The van der Waals surface area contributed by atoms with Crippen molar-refractivity contribution in [2.45, 2.75) is 4.90 Å². The number of methoxy groups -OCH3 is 1. The quantitative estimate of drug-likeness (QED) is 0.450. The molecule has 0 unspecified atom stereocenters. The maximum atomic E-state index is 11.0. The zero-order chi connectivity index (χ0) is 17.0. The molecule has 0 spiro atoms. The summed E-state index contributed by atoms with van der Waals surface area (Å²) in [6, 6.07) is 9.22. The zero-order valence-electron chi connectivity index (χ0n) is 12.8. The molecule has 0 heterocycles. The van der Waals surface area contributed by atoms with Gasteiger partial charge in [-0.05, 0) is 36.4 Å². The van der Waals surface area contributed by atoms with E-state index in [0.717, 1.165) is 12.1 Å². The standard InChI is InChI=1S/C14H11N3O5S.Na/c1-22-14-5-3-11(23(19,20)21)7-12(14)17-16-10-2-4-13(18)9(6-10)8-15;/h2-7,18H,1H3,(H,19,20,21);/q;+1/p-1. The molecule has 0 aromatic heterocycles. The van der Waals surface area contributed by atoms with Gasteiger partial charge in [-0.15, -0.1) is 5.11 Å². The van der Waals surface area contributed by atoms with E-state index in [1.807, 2.05) is 0 Å². The van der Waals surface area contributed by atoms with Gasteiger partial charge in [-0.1, -0.05) is 0 Å². The molecule has 0 saturated heterocycles. The molecule has 0 aliphatic rings. The predicted octanol–water partition coefficient (Wildman–Crippen LogP) is -0.404. The third-order valence-electron chi connectivity index (χ3n) is 2.81. The fourth-order valence-electron chi connectivity index (χ4n) is 1.69. The number of azo groups is 1. The van der Waals surface area contributed by atoms with Gasteiger partial charge < -0.3 is 14.4 Å². The summed E-state index contributed by atoms with van der Waals surface area (Å²) >= 11 is 0. The van der Waals surface area contributed by atoms with E-state index >= 15 is 0 Å². The molecule has 10 heteroatoms. The number of nitrogens with zero attached hydrogens (tertiary/aromatic N) is 3. The van der Waals surface area contributed by atoms with Crippen molar-refractivity contribution in [1.82, 2.24) is 0 Å². The van der Waals surface area contributed by atoms with E-state index < -0.39 is 15.0 Å². The van der Waals surface area contributed by atoms with Crippen LogP contribution >= 0.6 is 0 Å². The minimum Gasteiger partial charge on any atom is -0.744 e. The maximum Gasteiger partial charge on any atom is 1.00 e. The summed E-state index contributed by atoms with van der Waals surface area (Å²) < 4.78 is 38.2. The predicted molar refractivity (Wildman–Crippen MR) is 78.0 cm³/mol. The topological polar surface area (TPSA) is 135 Å². The van der Waals surface area contributed by atoms with Crippen LogP contribution in [0.15, 0.2) is 51.5 Å². The molecule has 0 bridgehead atoms. The second-order valence-electron chi connectivity index (χ2n) is 4.30. The third-order valence-corrected chi connectivity index (χ3v) is 3.64. The fraction of sp³-hybridized carbons (Fsp3) is 0.0714. The van der Waals surface area contributed by atoms with E-state index in [9.17, 15) is 18.1 Å². The molecular formula is C14H10N3NaO5S. The van der Waals surface area contributed by atoms with Crippen LogP contribution in [0.25, 0.3) is 0 Å². The van der Waals surface area contributed by atoms with Crippen LogP contribution in [0.3, 0.4) is 0 Å². The molecule has 0 radical (unpaired) electrons. The molecule has 0 atom stereocenters. The van der Waals surface area contributed by atoms with Crippen molar-refractivity contribution < 1.29 is 52.4 Å². The van der Waals surface area contributed by atoms with Gasteiger partial charge in [0.1, 0.15) is 33.4 Å². The zero-order valence-corrected chi connectivity index (χ0v) is 15.6. The number of aromatic hydroxyl groups is 1. The first kappa shape index (κ1) is 20.1. The van der Waals surface area contributed by atoms with Crippen LogP contribution < -0.4 is 34.3 Å². The number of nitriles is 1. The smallest absolute Gasteiger partial charge is 0.744 e. The minimum absolute atomic E-state index is 0. The van der Waals surface area contributed by atoms with E-state index in [1.165, 1.54) is 31.4 Å². The molecule has 0 aliphatic carbocycles. The van der Waals surface area contributed by atoms with Crippen LogP contribution in [-0.4, -0.2) is 25.2 Å².